The molecule has 7 heteroatoms. The number of thiophene rings is 1. The Kier molecular flexibility index (Phi) is 8.11. The van der Waals surface area contributed by atoms with Crippen LogP contribution in [0.2, 0.25) is 0 Å². The van der Waals surface area contributed by atoms with Crippen molar-refractivity contribution >= 4 is 28.6 Å². The van der Waals surface area contributed by atoms with Gasteiger partial charge in [-0.3, -0.25) is 9.59 Å². The number of allylic oxidation sites excluding steroid dienone is 3. The number of carbonyl (C=O) groups is 2. The van der Waals surface area contributed by atoms with Crippen molar-refractivity contribution in [1.82, 2.24) is 5.32 Å². The minimum atomic E-state index is -0.347. The number of benzene rings is 1. The number of Topliss-reactive ketones (excluding diaryl/α,β-unsaturated/α-hetero) is 1. The van der Waals surface area contributed by atoms with Crippen LogP contribution in [0.15, 0.2) is 22.8 Å². The molecule has 6 aliphatic carbocycles. The zero-order valence-electron chi connectivity index (χ0n) is 26.7. The predicted molar refractivity (Wildman–Crippen MR) is 174 cm³/mol. The van der Waals surface area contributed by atoms with Crippen LogP contribution in [0.25, 0.3) is 5.57 Å². The number of ketones is 1. The van der Waals surface area contributed by atoms with Crippen molar-refractivity contribution in [2.24, 2.45) is 5.92 Å². The van der Waals surface area contributed by atoms with Crippen LogP contribution in [0.3, 0.4) is 0 Å². The molecule has 6 aliphatic rings. The summed E-state index contributed by atoms with van der Waals surface area (Å²) in [5.41, 5.74) is 10.00. The van der Waals surface area contributed by atoms with Crippen molar-refractivity contribution in [3.8, 4) is 17.2 Å². The molecule has 3 atom stereocenters. The minimum absolute atomic E-state index is 0.0182. The first-order valence-electron chi connectivity index (χ1n) is 16.7. The molecule has 1 N–H and O–H groups in total. The standard InChI is InChI=1S/C37H45NO5S/c1-20(39)38-25-18-17-21-19-26(41-2)35(42-3)36(43-4)28(21)33-29-22-13-9-5-6-10-14-23(22)30(32(25)33)34(40)37-31(29)24-15-11-7-8-12-16-27(24)44-37/h19,25,29-30H,5-18H2,1-4H3,(H,38,39)/t25-,29-,30-/m0/s1. The highest BCUT2D eigenvalue weighted by atomic mass is 32.1. The Morgan fingerprint density at radius 3 is 2.14 bits per heavy atom. The molecule has 0 spiro atoms. The number of aryl methyl sites for hydroxylation is 2. The quantitative estimate of drug-likeness (QED) is 0.354. The maximum absolute atomic E-state index is 15.2. The Hall–Kier alpha value is -3.06. The van der Waals surface area contributed by atoms with E-state index in [2.05, 4.69) is 11.4 Å². The Bertz CT molecular complexity index is 1580. The molecule has 0 aliphatic heterocycles. The number of fused-ring (bicyclic) bond motifs is 2. The van der Waals surface area contributed by atoms with E-state index in [1.807, 2.05) is 0 Å². The SMILES string of the molecule is COc1cc2c(c(OC)c1OC)C1=C([C@H]3C(=O)c4sc5c(c4[C@@H]1C1=C3CCCCCC1)CCCCCC5)[C@@H](NC(C)=O)CC2. The van der Waals surface area contributed by atoms with Crippen LogP contribution >= 0.6 is 11.3 Å². The van der Waals surface area contributed by atoms with Crippen LogP contribution in [0.4, 0.5) is 0 Å². The molecule has 1 aromatic heterocycles. The smallest absolute Gasteiger partial charge is 0.217 e. The maximum Gasteiger partial charge on any atom is 0.217 e. The van der Waals surface area contributed by atoms with Gasteiger partial charge in [-0.2, -0.15) is 0 Å². The van der Waals surface area contributed by atoms with E-state index >= 15 is 4.79 Å². The molecule has 1 amide bonds. The lowest BCUT2D eigenvalue weighted by molar-refractivity contribution is -0.119. The third kappa shape index (κ3) is 4.64. The Morgan fingerprint density at radius 1 is 0.818 bits per heavy atom. The summed E-state index contributed by atoms with van der Waals surface area (Å²) in [6, 6.07) is 1.87. The highest BCUT2D eigenvalue weighted by molar-refractivity contribution is 7.14. The molecule has 0 radical (unpaired) electrons. The lowest BCUT2D eigenvalue weighted by Crippen LogP contribution is -2.40. The van der Waals surface area contributed by atoms with Gasteiger partial charge in [0.1, 0.15) is 0 Å². The first-order valence-corrected chi connectivity index (χ1v) is 17.5. The van der Waals surface area contributed by atoms with Gasteiger partial charge >= 0.3 is 0 Å². The molecule has 2 aromatic rings. The fraction of sp³-hybridized carbons (Fsp3) is 0.568. The van der Waals surface area contributed by atoms with Crippen molar-refractivity contribution < 1.29 is 23.8 Å². The van der Waals surface area contributed by atoms with Crippen molar-refractivity contribution in [1.29, 1.82) is 0 Å². The van der Waals surface area contributed by atoms with Crippen molar-refractivity contribution in [2.45, 2.75) is 109 Å². The van der Waals surface area contributed by atoms with Gasteiger partial charge in [0.2, 0.25) is 11.7 Å². The number of amides is 1. The van der Waals surface area contributed by atoms with Gasteiger partial charge in [0, 0.05) is 23.3 Å². The van der Waals surface area contributed by atoms with Crippen LogP contribution < -0.4 is 19.5 Å². The summed E-state index contributed by atoms with van der Waals surface area (Å²) in [5.74, 6) is 1.73. The molecule has 0 fully saturated rings. The molecule has 8 rings (SSSR count). The number of hydrogen-bond acceptors (Lipinski definition) is 6. The molecule has 6 nitrogen and oxygen atoms in total. The molecule has 0 saturated heterocycles. The Morgan fingerprint density at radius 2 is 1.48 bits per heavy atom. The van der Waals surface area contributed by atoms with Crippen molar-refractivity contribution in [2.75, 3.05) is 21.3 Å². The van der Waals surface area contributed by atoms with Crippen LogP contribution in [-0.2, 0) is 24.1 Å². The number of nitrogens with one attached hydrogen (secondary N) is 1. The molecular formula is C37H45NO5S. The fourth-order valence-corrected chi connectivity index (χ4v) is 10.5. The highest BCUT2D eigenvalue weighted by Gasteiger charge is 2.51. The summed E-state index contributed by atoms with van der Waals surface area (Å²) in [6.07, 6.45) is 15.1. The molecule has 0 unspecified atom stereocenters. The predicted octanol–water partition coefficient (Wildman–Crippen LogP) is 7.90. The van der Waals surface area contributed by atoms with Crippen LogP contribution in [0.5, 0.6) is 17.2 Å². The number of methoxy groups -OCH3 is 3. The molecule has 2 bridgehead atoms. The van der Waals surface area contributed by atoms with Gasteiger partial charge in [-0.25, -0.2) is 0 Å². The van der Waals surface area contributed by atoms with Gasteiger partial charge in [-0.1, -0.05) is 36.8 Å². The number of ether oxygens (including phenoxy) is 3. The van der Waals surface area contributed by atoms with Gasteiger partial charge in [0.15, 0.2) is 17.3 Å². The summed E-state index contributed by atoms with van der Waals surface area (Å²) in [6.45, 7) is 1.60. The van der Waals surface area contributed by atoms with Crippen LogP contribution in [-0.4, -0.2) is 39.1 Å². The molecular weight excluding hydrogens is 570 g/mol. The average Bonchev–Trinajstić information content (AvgIpc) is 3.14. The van der Waals surface area contributed by atoms with Gasteiger partial charge in [-0.15, -0.1) is 11.3 Å². The molecule has 0 saturated carbocycles. The monoisotopic (exact) mass is 615 g/mol. The molecule has 44 heavy (non-hydrogen) atoms. The zero-order valence-corrected chi connectivity index (χ0v) is 27.5. The highest BCUT2D eigenvalue weighted by Crippen LogP contribution is 2.62. The van der Waals surface area contributed by atoms with Crippen LogP contribution in [0, 0.1) is 5.92 Å². The number of hydrogen-bond donors (Lipinski definition) is 1. The van der Waals surface area contributed by atoms with Crippen molar-refractivity contribution in [3.63, 3.8) is 0 Å². The topological polar surface area (TPSA) is 73.9 Å². The van der Waals surface area contributed by atoms with Gasteiger partial charge < -0.3 is 19.5 Å². The van der Waals surface area contributed by atoms with E-state index in [4.69, 9.17) is 14.2 Å². The van der Waals surface area contributed by atoms with Crippen LogP contribution in [0.1, 0.15) is 120 Å². The lowest BCUT2D eigenvalue weighted by atomic mass is 9.65. The van der Waals surface area contributed by atoms with E-state index in [1.54, 1.807) is 39.6 Å². The molecule has 1 heterocycles. The largest absolute Gasteiger partial charge is 0.493 e. The third-order valence-electron chi connectivity index (χ3n) is 10.8. The fourth-order valence-electron chi connectivity index (χ4n) is 9.06. The van der Waals surface area contributed by atoms with E-state index in [0.717, 1.165) is 79.4 Å². The van der Waals surface area contributed by atoms with E-state index in [-0.39, 0.29) is 29.6 Å². The molecule has 1 aromatic carbocycles. The number of carbonyl (C=O) groups excluding carboxylic acids is 2. The normalized spacial score (nSPS) is 24.6. The summed E-state index contributed by atoms with van der Waals surface area (Å²) in [5, 5.41) is 3.34. The first kappa shape index (κ1) is 29.6. The minimum Gasteiger partial charge on any atom is -0.493 e. The van der Waals surface area contributed by atoms with E-state index in [9.17, 15) is 4.79 Å². The van der Waals surface area contributed by atoms with E-state index in [0.29, 0.717) is 17.2 Å². The Labute approximate surface area is 265 Å². The number of rotatable bonds is 4. The lowest BCUT2D eigenvalue weighted by Gasteiger charge is -2.39. The first-order chi connectivity index (χ1) is 21.5. The maximum atomic E-state index is 15.2. The molecule has 234 valence electrons. The van der Waals surface area contributed by atoms with E-state index in [1.165, 1.54) is 64.8 Å². The second kappa shape index (κ2) is 12.0. The van der Waals surface area contributed by atoms with E-state index < -0.39 is 0 Å². The summed E-state index contributed by atoms with van der Waals surface area (Å²) in [7, 11) is 5.04. The van der Waals surface area contributed by atoms with Crippen molar-refractivity contribution in [3.05, 3.63) is 54.8 Å². The third-order valence-corrected chi connectivity index (χ3v) is 12.1. The summed E-state index contributed by atoms with van der Waals surface area (Å²) >= 11 is 1.79. The summed E-state index contributed by atoms with van der Waals surface area (Å²) in [4.78, 5) is 30.4. The average molecular weight is 616 g/mol. The van der Waals surface area contributed by atoms with Gasteiger partial charge in [0.05, 0.1) is 38.2 Å². The van der Waals surface area contributed by atoms with Gasteiger partial charge in [0.25, 0.3) is 0 Å². The second-order valence-electron chi connectivity index (χ2n) is 13.2. The van der Waals surface area contributed by atoms with Gasteiger partial charge in [-0.05, 0) is 98.1 Å². The Balaban J connectivity index is 1.60. The zero-order chi connectivity index (χ0) is 30.5. The summed E-state index contributed by atoms with van der Waals surface area (Å²) < 4.78 is 18.0. The second-order valence-corrected chi connectivity index (χ2v) is 14.3.